The van der Waals surface area contributed by atoms with E-state index in [-0.39, 0.29) is 23.5 Å². The van der Waals surface area contributed by atoms with Gasteiger partial charge < -0.3 is 26.0 Å². The van der Waals surface area contributed by atoms with Crippen molar-refractivity contribution in [1.82, 2.24) is 24.6 Å². The number of hydrogen-bond donors (Lipinski definition) is 3. The number of methoxy groups -OCH3 is 1. The number of pyridine rings is 2. The maximum absolute atomic E-state index is 14.3. The molecule has 5 aromatic rings. The molecule has 4 aromatic heterocycles. The van der Waals surface area contributed by atoms with Crippen LogP contribution in [0.4, 0.5) is 27.4 Å². The van der Waals surface area contributed by atoms with Gasteiger partial charge in [-0.1, -0.05) is 18.2 Å². The molecule has 4 heterocycles. The Morgan fingerprint density at radius 2 is 1.88 bits per heavy atom. The molecule has 220 valence electrons. The number of imidazole rings is 1. The van der Waals surface area contributed by atoms with Crippen LogP contribution in [-0.2, 0) is 6.54 Å². The van der Waals surface area contributed by atoms with Crippen molar-refractivity contribution in [1.29, 1.82) is 0 Å². The number of ether oxygens (including phenoxy) is 1. The zero-order valence-corrected chi connectivity index (χ0v) is 23.7. The molecule has 0 saturated heterocycles. The Balaban J connectivity index is 1.44. The maximum atomic E-state index is 14.3. The summed E-state index contributed by atoms with van der Waals surface area (Å²) in [6, 6.07) is 17.2. The second kappa shape index (κ2) is 12.4. The molecule has 1 aliphatic rings. The van der Waals surface area contributed by atoms with E-state index >= 15 is 0 Å². The van der Waals surface area contributed by atoms with Crippen LogP contribution >= 0.6 is 0 Å². The monoisotopic (exact) mass is 581 g/mol. The number of benzene rings is 1. The van der Waals surface area contributed by atoms with Gasteiger partial charge in [-0.2, -0.15) is 0 Å². The van der Waals surface area contributed by atoms with E-state index < -0.39 is 11.7 Å². The number of aromatic nitrogens is 5. The minimum Gasteiger partial charge on any atom is -0.497 e. The molecule has 4 N–H and O–H groups in total. The summed E-state index contributed by atoms with van der Waals surface area (Å²) in [5.41, 5.74) is 8.44. The Morgan fingerprint density at radius 1 is 1.07 bits per heavy atom. The zero-order valence-electron chi connectivity index (χ0n) is 23.7. The van der Waals surface area contributed by atoms with Gasteiger partial charge in [0.05, 0.1) is 30.9 Å². The van der Waals surface area contributed by atoms with Gasteiger partial charge in [0.1, 0.15) is 17.4 Å². The number of amides is 1. The summed E-state index contributed by atoms with van der Waals surface area (Å²) in [7, 11) is 1.63. The number of rotatable bonds is 9. The Morgan fingerprint density at radius 3 is 2.60 bits per heavy atom. The van der Waals surface area contributed by atoms with Crippen LogP contribution in [0.25, 0.3) is 5.65 Å². The first-order chi connectivity index (χ1) is 21.0. The molecule has 1 aliphatic carbocycles. The molecule has 0 aliphatic heterocycles. The fourth-order valence-corrected chi connectivity index (χ4v) is 5.23. The lowest BCUT2D eigenvalue weighted by Crippen LogP contribution is -2.33. The molecule has 0 radical (unpaired) electrons. The second-order valence-corrected chi connectivity index (χ2v) is 10.5. The van der Waals surface area contributed by atoms with Gasteiger partial charge in [-0.3, -0.25) is 9.78 Å². The molecule has 1 fully saturated rings. The largest absolute Gasteiger partial charge is 0.497 e. The molecule has 0 atom stereocenters. The van der Waals surface area contributed by atoms with Crippen LogP contribution in [0.3, 0.4) is 0 Å². The molecule has 6 rings (SSSR count). The maximum Gasteiger partial charge on any atom is 0.276 e. The van der Waals surface area contributed by atoms with E-state index in [1.807, 2.05) is 53.4 Å². The second-order valence-electron chi connectivity index (χ2n) is 10.5. The van der Waals surface area contributed by atoms with E-state index in [0.29, 0.717) is 29.5 Å². The molecule has 12 heteroatoms. The van der Waals surface area contributed by atoms with Crippen molar-refractivity contribution in [2.45, 2.75) is 44.3 Å². The summed E-state index contributed by atoms with van der Waals surface area (Å²) in [4.78, 5) is 28.4. The Bertz CT molecular complexity index is 1700. The smallest absolute Gasteiger partial charge is 0.276 e. The molecule has 1 saturated carbocycles. The summed E-state index contributed by atoms with van der Waals surface area (Å²) < 4.78 is 21.1. The van der Waals surface area contributed by atoms with Crippen molar-refractivity contribution >= 4 is 34.6 Å². The van der Waals surface area contributed by atoms with Crippen molar-refractivity contribution in [3.05, 3.63) is 96.5 Å². The van der Waals surface area contributed by atoms with E-state index in [0.717, 1.165) is 43.2 Å². The third-order valence-electron chi connectivity index (χ3n) is 7.54. The van der Waals surface area contributed by atoms with E-state index in [4.69, 9.17) is 15.6 Å². The molecule has 1 aromatic carbocycles. The van der Waals surface area contributed by atoms with Gasteiger partial charge in [0.15, 0.2) is 17.2 Å². The van der Waals surface area contributed by atoms with Crippen molar-refractivity contribution in [3.8, 4) is 5.75 Å². The molecule has 0 bridgehead atoms. The standard InChI is InChI=1S/C31H32FN9O2/c1-43-23-11-5-20(6-12-23)19-40(29-4-2-3-14-35-29)26-16-28(37-22-9-7-21(33)8-10-22)39-41-27(18-36-30(26)41)31(42)38-25-13-15-34-17-24(25)32/h2-6,11-18,21-22H,7-10,19,33H2,1H3,(H,37,39)(H,34,38,42)/t21-,22-. The first kappa shape index (κ1) is 28.0. The third kappa shape index (κ3) is 6.24. The lowest BCUT2D eigenvalue weighted by molar-refractivity contribution is 0.102. The molecule has 0 unspecified atom stereocenters. The number of hydrogen-bond acceptors (Lipinski definition) is 9. The van der Waals surface area contributed by atoms with Crippen molar-refractivity contribution < 1.29 is 13.9 Å². The van der Waals surface area contributed by atoms with Gasteiger partial charge in [-0.25, -0.2) is 18.9 Å². The molecular formula is C31H32FN9O2. The molecule has 0 spiro atoms. The predicted octanol–water partition coefficient (Wildman–Crippen LogP) is 4.94. The highest BCUT2D eigenvalue weighted by Crippen LogP contribution is 2.33. The summed E-state index contributed by atoms with van der Waals surface area (Å²) in [6.07, 6.45) is 9.27. The minimum atomic E-state index is -0.642. The highest BCUT2D eigenvalue weighted by Gasteiger charge is 2.24. The van der Waals surface area contributed by atoms with Crippen LogP contribution in [0, 0.1) is 5.82 Å². The normalized spacial score (nSPS) is 16.5. The van der Waals surface area contributed by atoms with Gasteiger partial charge in [-0.05, 0) is 61.6 Å². The highest BCUT2D eigenvalue weighted by molar-refractivity contribution is 6.03. The van der Waals surface area contributed by atoms with E-state index in [9.17, 15) is 9.18 Å². The van der Waals surface area contributed by atoms with Gasteiger partial charge in [-0.15, -0.1) is 5.10 Å². The summed E-state index contributed by atoms with van der Waals surface area (Å²) >= 11 is 0. The number of nitrogens with one attached hydrogen (secondary N) is 2. The topological polar surface area (TPSA) is 136 Å². The minimum absolute atomic E-state index is 0.0117. The summed E-state index contributed by atoms with van der Waals surface area (Å²) in [5, 5.41) is 11.0. The lowest BCUT2D eigenvalue weighted by Gasteiger charge is -2.28. The van der Waals surface area contributed by atoms with Crippen molar-refractivity contribution in [2.75, 3.05) is 22.6 Å². The van der Waals surface area contributed by atoms with E-state index in [2.05, 4.69) is 25.6 Å². The number of nitrogens with two attached hydrogens (primary N) is 1. The average Bonchev–Trinajstić information content (AvgIpc) is 3.47. The number of carbonyl (C=O) groups excluding carboxylic acids is 1. The Hall–Kier alpha value is -5.10. The SMILES string of the molecule is COc1ccc(CN(c2ccccn2)c2cc(N[C@H]3CC[C@H](N)CC3)nn3c(C(=O)Nc4ccncc4F)cnc23)cc1. The van der Waals surface area contributed by atoms with Crippen molar-refractivity contribution in [2.24, 2.45) is 5.73 Å². The van der Waals surface area contributed by atoms with Crippen LogP contribution in [-0.4, -0.2) is 49.7 Å². The first-order valence-electron chi connectivity index (χ1n) is 14.1. The third-order valence-corrected chi connectivity index (χ3v) is 7.54. The quantitative estimate of drug-likeness (QED) is 0.221. The van der Waals surface area contributed by atoms with E-state index in [1.54, 1.807) is 13.3 Å². The van der Waals surface area contributed by atoms with Gasteiger partial charge in [0, 0.05) is 37.1 Å². The number of anilines is 4. The molecule has 1 amide bonds. The molecule has 43 heavy (non-hydrogen) atoms. The van der Waals surface area contributed by atoms with Crippen LogP contribution in [0.1, 0.15) is 41.7 Å². The Labute approximate surface area is 247 Å². The first-order valence-corrected chi connectivity index (χ1v) is 14.1. The zero-order chi connectivity index (χ0) is 29.8. The van der Waals surface area contributed by atoms with Crippen molar-refractivity contribution in [3.63, 3.8) is 0 Å². The van der Waals surface area contributed by atoms with Gasteiger partial charge in [0.25, 0.3) is 5.91 Å². The number of nitrogens with zero attached hydrogens (tertiary/aromatic N) is 6. The predicted molar refractivity (Wildman–Crippen MR) is 162 cm³/mol. The van der Waals surface area contributed by atoms with Crippen LogP contribution < -0.4 is 26.0 Å². The van der Waals surface area contributed by atoms with Crippen LogP contribution in [0.15, 0.2) is 79.4 Å². The van der Waals surface area contributed by atoms with Gasteiger partial charge in [0.2, 0.25) is 0 Å². The molecule has 11 nitrogen and oxygen atoms in total. The van der Waals surface area contributed by atoms with E-state index in [1.165, 1.54) is 23.0 Å². The van der Waals surface area contributed by atoms with Crippen LogP contribution in [0.5, 0.6) is 5.75 Å². The fraction of sp³-hybridized carbons (Fsp3) is 0.258. The Kier molecular flexibility index (Phi) is 8.09. The van der Waals surface area contributed by atoms with Crippen LogP contribution in [0.2, 0.25) is 0 Å². The summed E-state index contributed by atoms with van der Waals surface area (Å²) in [5.74, 6) is 0.815. The fourth-order valence-electron chi connectivity index (χ4n) is 5.23. The number of halogens is 1. The number of fused-ring (bicyclic) bond motifs is 1. The average molecular weight is 582 g/mol. The lowest BCUT2D eigenvalue weighted by atomic mass is 9.92. The summed E-state index contributed by atoms with van der Waals surface area (Å²) in [6.45, 7) is 0.453. The van der Waals surface area contributed by atoms with Gasteiger partial charge >= 0.3 is 0 Å². The highest BCUT2D eigenvalue weighted by atomic mass is 19.1. The molecular weight excluding hydrogens is 549 g/mol. The number of carbonyl (C=O) groups is 1.